The van der Waals surface area contributed by atoms with Crippen LogP contribution in [0.3, 0.4) is 0 Å². The lowest BCUT2D eigenvalue weighted by Gasteiger charge is -2.07. The molecule has 102 valence electrons. The average molecular weight is 352 g/mol. The first-order valence-electron chi connectivity index (χ1n) is 6.17. The predicted octanol–water partition coefficient (Wildman–Crippen LogP) is 5.16. The summed E-state index contributed by atoms with van der Waals surface area (Å²) in [5.74, 6) is 0. The number of pyridine rings is 1. The third-order valence-electron chi connectivity index (χ3n) is 3.13. The van der Waals surface area contributed by atoms with Crippen molar-refractivity contribution in [1.82, 2.24) is 4.98 Å². The van der Waals surface area contributed by atoms with Crippen molar-refractivity contribution in [3.63, 3.8) is 0 Å². The zero-order chi connectivity index (χ0) is 14.1. The molecule has 20 heavy (non-hydrogen) atoms. The Kier molecular flexibility index (Phi) is 3.68. The van der Waals surface area contributed by atoms with E-state index in [0.717, 1.165) is 32.4 Å². The van der Waals surface area contributed by atoms with E-state index in [0.29, 0.717) is 11.8 Å². The number of nitrogens with zero attached hydrogens (tertiary/aromatic N) is 1. The molecule has 0 aliphatic carbocycles. The first kappa shape index (κ1) is 13.5. The molecule has 0 spiro atoms. The van der Waals surface area contributed by atoms with E-state index in [4.69, 9.17) is 16.0 Å². The van der Waals surface area contributed by atoms with Crippen LogP contribution in [0.25, 0.3) is 11.0 Å². The van der Waals surface area contributed by atoms with E-state index in [1.165, 1.54) is 0 Å². The number of hydrogen-bond acceptors (Lipinski definition) is 3. The summed E-state index contributed by atoms with van der Waals surface area (Å²) in [5.41, 5.74) is 3.80. The van der Waals surface area contributed by atoms with Gasteiger partial charge in [-0.25, -0.2) is 4.98 Å². The number of fused-ring (bicyclic) bond motifs is 1. The van der Waals surface area contributed by atoms with Crippen LogP contribution in [0.1, 0.15) is 11.1 Å². The highest BCUT2D eigenvalue weighted by molar-refractivity contribution is 9.10. The SMILES string of the molecule is Cc1cc(NCc2c(Cl)oc3ccccc23)cnc1Br. The summed E-state index contributed by atoms with van der Waals surface area (Å²) < 4.78 is 6.39. The number of furan rings is 1. The molecule has 0 fully saturated rings. The Morgan fingerprint density at radius 2 is 2.15 bits per heavy atom. The molecule has 0 aliphatic rings. The van der Waals surface area contributed by atoms with Crippen molar-refractivity contribution in [2.24, 2.45) is 0 Å². The van der Waals surface area contributed by atoms with Crippen LogP contribution in [0.2, 0.25) is 5.22 Å². The summed E-state index contributed by atoms with van der Waals surface area (Å²) in [4.78, 5) is 4.26. The maximum absolute atomic E-state index is 6.16. The number of rotatable bonds is 3. The number of halogens is 2. The van der Waals surface area contributed by atoms with Crippen molar-refractivity contribution >= 4 is 44.2 Å². The van der Waals surface area contributed by atoms with Crippen LogP contribution in [-0.2, 0) is 6.54 Å². The van der Waals surface area contributed by atoms with Crippen molar-refractivity contribution in [3.8, 4) is 0 Å². The molecular weight excluding hydrogens is 340 g/mol. The van der Waals surface area contributed by atoms with Gasteiger partial charge in [-0.15, -0.1) is 0 Å². The molecule has 0 unspecified atom stereocenters. The van der Waals surface area contributed by atoms with Gasteiger partial charge >= 0.3 is 0 Å². The molecule has 3 rings (SSSR count). The zero-order valence-corrected chi connectivity index (χ0v) is 13.1. The van der Waals surface area contributed by atoms with E-state index < -0.39 is 0 Å². The molecule has 2 heterocycles. The Hall–Kier alpha value is -1.52. The maximum Gasteiger partial charge on any atom is 0.199 e. The van der Waals surface area contributed by atoms with Gasteiger partial charge in [0.2, 0.25) is 0 Å². The zero-order valence-electron chi connectivity index (χ0n) is 10.8. The summed E-state index contributed by atoms with van der Waals surface area (Å²) in [6, 6.07) is 9.86. The molecular formula is C15H12BrClN2O. The Morgan fingerprint density at radius 3 is 2.95 bits per heavy atom. The topological polar surface area (TPSA) is 38.1 Å². The fraction of sp³-hybridized carbons (Fsp3) is 0.133. The van der Waals surface area contributed by atoms with Crippen LogP contribution < -0.4 is 5.32 Å². The molecule has 0 amide bonds. The quantitative estimate of drug-likeness (QED) is 0.662. The third-order valence-corrected chi connectivity index (χ3v) is 4.27. The minimum Gasteiger partial charge on any atom is -0.444 e. The number of para-hydroxylation sites is 1. The van der Waals surface area contributed by atoms with Gasteiger partial charge in [-0.2, -0.15) is 0 Å². The molecule has 0 saturated heterocycles. The van der Waals surface area contributed by atoms with E-state index in [2.05, 4.69) is 26.2 Å². The molecule has 0 atom stereocenters. The highest BCUT2D eigenvalue weighted by Gasteiger charge is 2.11. The van der Waals surface area contributed by atoms with Crippen LogP contribution in [0, 0.1) is 6.92 Å². The normalized spacial score (nSPS) is 10.9. The van der Waals surface area contributed by atoms with E-state index in [9.17, 15) is 0 Å². The van der Waals surface area contributed by atoms with E-state index >= 15 is 0 Å². The maximum atomic E-state index is 6.16. The molecule has 1 aromatic carbocycles. The van der Waals surface area contributed by atoms with Gasteiger partial charge < -0.3 is 9.73 Å². The standard InChI is InChI=1S/C15H12BrClN2O/c1-9-6-10(7-19-14(9)16)18-8-12-11-4-2-3-5-13(11)20-15(12)17/h2-7,18H,8H2,1H3. The molecule has 0 aliphatic heterocycles. The van der Waals surface area contributed by atoms with Gasteiger partial charge in [-0.3, -0.25) is 0 Å². The summed E-state index contributed by atoms with van der Waals surface area (Å²) in [5, 5.41) is 4.79. The van der Waals surface area contributed by atoms with Crippen LogP contribution in [0.15, 0.2) is 45.5 Å². The Labute approximate surface area is 130 Å². The summed E-state index contributed by atoms with van der Waals surface area (Å²) in [7, 11) is 0. The summed E-state index contributed by atoms with van der Waals surface area (Å²) >= 11 is 9.55. The lowest BCUT2D eigenvalue weighted by atomic mass is 10.2. The van der Waals surface area contributed by atoms with Gasteiger partial charge in [0.25, 0.3) is 0 Å². The molecule has 1 N–H and O–H groups in total. The number of aryl methyl sites for hydroxylation is 1. The summed E-state index contributed by atoms with van der Waals surface area (Å²) in [6.07, 6.45) is 1.78. The minimum absolute atomic E-state index is 0.431. The van der Waals surface area contributed by atoms with Crippen LogP contribution >= 0.6 is 27.5 Å². The van der Waals surface area contributed by atoms with Gasteiger partial charge in [0.05, 0.1) is 11.9 Å². The number of hydrogen-bond donors (Lipinski definition) is 1. The molecule has 3 aromatic rings. The van der Waals surface area contributed by atoms with Gasteiger partial charge in [0.15, 0.2) is 5.22 Å². The molecule has 3 nitrogen and oxygen atoms in total. The second-order valence-electron chi connectivity index (χ2n) is 4.54. The predicted molar refractivity (Wildman–Crippen MR) is 85.2 cm³/mol. The van der Waals surface area contributed by atoms with Gasteiger partial charge in [0, 0.05) is 17.5 Å². The van der Waals surface area contributed by atoms with Crippen LogP contribution in [-0.4, -0.2) is 4.98 Å². The number of nitrogens with one attached hydrogen (secondary N) is 1. The highest BCUT2D eigenvalue weighted by Crippen LogP contribution is 2.30. The molecule has 2 aromatic heterocycles. The lowest BCUT2D eigenvalue weighted by molar-refractivity contribution is 0.613. The number of benzene rings is 1. The van der Waals surface area contributed by atoms with E-state index in [-0.39, 0.29) is 0 Å². The molecule has 0 saturated carbocycles. The van der Waals surface area contributed by atoms with Gasteiger partial charge in [0.1, 0.15) is 10.2 Å². The average Bonchev–Trinajstić information content (AvgIpc) is 2.76. The Morgan fingerprint density at radius 1 is 1.35 bits per heavy atom. The second kappa shape index (κ2) is 5.46. The lowest BCUT2D eigenvalue weighted by Crippen LogP contribution is -2.00. The number of aromatic nitrogens is 1. The Bertz CT molecular complexity index is 770. The monoisotopic (exact) mass is 350 g/mol. The number of anilines is 1. The van der Waals surface area contributed by atoms with Crippen molar-refractivity contribution in [1.29, 1.82) is 0 Å². The summed E-state index contributed by atoms with van der Waals surface area (Å²) in [6.45, 7) is 2.60. The molecule has 0 radical (unpaired) electrons. The van der Waals surface area contributed by atoms with Gasteiger partial charge in [-0.1, -0.05) is 18.2 Å². The van der Waals surface area contributed by atoms with Crippen LogP contribution in [0.4, 0.5) is 5.69 Å². The minimum atomic E-state index is 0.431. The van der Waals surface area contributed by atoms with Crippen molar-refractivity contribution < 1.29 is 4.42 Å². The second-order valence-corrected chi connectivity index (χ2v) is 5.63. The first-order valence-corrected chi connectivity index (χ1v) is 7.34. The molecule has 5 heteroatoms. The highest BCUT2D eigenvalue weighted by atomic mass is 79.9. The van der Waals surface area contributed by atoms with Gasteiger partial charge in [-0.05, 0) is 52.2 Å². The first-order chi connectivity index (χ1) is 9.65. The van der Waals surface area contributed by atoms with E-state index in [1.807, 2.05) is 37.3 Å². The molecule has 0 bridgehead atoms. The fourth-order valence-electron chi connectivity index (χ4n) is 2.08. The van der Waals surface area contributed by atoms with Crippen molar-refractivity contribution in [3.05, 3.63) is 57.5 Å². The largest absolute Gasteiger partial charge is 0.444 e. The van der Waals surface area contributed by atoms with Crippen molar-refractivity contribution in [2.75, 3.05) is 5.32 Å². The third kappa shape index (κ3) is 2.53. The van der Waals surface area contributed by atoms with Crippen LogP contribution in [0.5, 0.6) is 0 Å². The Balaban J connectivity index is 1.86. The fourth-order valence-corrected chi connectivity index (χ4v) is 2.55. The smallest absolute Gasteiger partial charge is 0.199 e. The van der Waals surface area contributed by atoms with Crippen molar-refractivity contribution in [2.45, 2.75) is 13.5 Å². The van der Waals surface area contributed by atoms with E-state index in [1.54, 1.807) is 6.20 Å².